The van der Waals surface area contributed by atoms with Gasteiger partial charge in [-0.1, -0.05) is 49.7 Å². The summed E-state index contributed by atoms with van der Waals surface area (Å²) in [7, 11) is 0. The van der Waals surface area contributed by atoms with Gasteiger partial charge in [-0.2, -0.15) is 0 Å². The van der Waals surface area contributed by atoms with Crippen molar-refractivity contribution in [3.8, 4) is 0 Å². The smallest absolute Gasteiger partial charge is 0.335 e. The fraction of sp³-hybridized carbons (Fsp3) is 0.321. The number of imide groups is 2. The van der Waals surface area contributed by atoms with Crippen LogP contribution >= 0.6 is 11.6 Å². The first-order chi connectivity index (χ1) is 16.6. The molecule has 0 unspecified atom stereocenters. The second-order valence-electron chi connectivity index (χ2n) is 9.46. The van der Waals surface area contributed by atoms with Crippen LogP contribution < -0.4 is 15.1 Å². The SMILES string of the molecule is CCCN1c2cc(Cl)c(/C=C3/C(=O)NC(=O)N(c4ccccc4CC)C3=O)cc2C(C)=CC1(C)C. The highest BCUT2D eigenvalue weighted by atomic mass is 35.5. The Kier molecular flexibility index (Phi) is 6.60. The number of benzene rings is 2. The Morgan fingerprint density at radius 2 is 1.77 bits per heavy atom. The molecule has 4 amide bonds. The van der Waals surface area contributed by atoms with Gasteiger partial charge in [0, 0.05) is 22.8 Å². The predicted octanol–water partition coefficient (Wildman–Crippen LogP) is 5.98. The van der Waals surface area contributed by atoms with Gasteiger partial charge < -0.3 is 4.90 Å². The fourth-order valence-electron chi connectivity index (χ4n) is 4.92. The van der Waals surface area contributed by atoms with Gasteiger partial charge in [0.2, 0.25) is 0 Å². The minimum Gasteiger partial charge on any atom is -0.362 e. The Balaban J connectivity index is 1.80. The van der Waals surface area contributed by atoms with E-state index in [1.807, 2.05) is 31.2 Å². The van der Waals surface area contributed by atoms with E-state index in [0.29, 0.717) is 22.7 Å². The van der Waals surface area contributed by atoms with E-state index in [4.69, 9.17) is 11.6 Å². The summed E-state index contributed by atoms with van der Waals surface area (Å²) in [6, 6.07) is 10.2. The van der Waals surface area contributed by atoms with Crippen molar-refractivity contribution in [3.05, 3.63) is 69.8 Å². The number of carbonyl (C=O) groups excluding carboxylic acids is 3. The fourth-order valence-corrected chi connectivity index (χ4v) is 5.13. The summed E-state index contributed by atoms with van der Waals surface area (Å²) in [5.41, 5.74) is 4.66. The van der Waals surface area contributed by atoms with Gasteiger partial charge in [0.1, 0.15) is 5.57 Å². The van der Waals surface area contributed by atoms with E-state index in [2.05, 4.69) is 44.0 Å². The maximum atomic E-state index is 13.4. The zero-order chi connectivity index (χ0) is 25.5. The summed E-state index contributed by atoms with van der Waals surface area (Å²) in [5, 5.41) is 2.73. The molecule has 0 radical (unpaired) electrons. The van der Waals surface area contributed by atoms with Crippen LogP contribution in [-0.2, 0) is 16.0 Å². The number of aryl methyl sites for hydroxylation is 1. The van der Waals surface area contributed by atoms with Crippen LogP contribution in [0, 0.1) is 0 Å². The zero-order valence-electron chi connectivity index (χ0n) is 20.7. The van der Waals surface area contributed by atoms with Crippen molar-refractivity contribution in [1.82, 2.24) is 5.32 Å². The first-order valence-electron chi connectivity index (χ1n) is 11.9. The summed E-state index contributed by atoms with van der Waals surface area (Å²) >= 11 is 6.70. The molecule has 2 aromatic rings. The summed E-state index contributed by atoms with van der Waals surface area (Å²) in [6.07, 6.45) is 5.31. The molecule has 182 valence electrons. The van der Waals surface area contributed by atoms with Crippen LogP contribution in [0.4, 0.5) is 16.2 Å². The topological polar surface area (TPSA) is 69.7 Å². The second-order valence-corrected chi connectivity index (χ2v) is 9.87. The number of carbonyl (C=O) groups is 3. The molecule has 4 rings (SSSR count). The number of barbiturate groups is 1. The number of amides is 4. The minimum atomic E-state index is -0.759. The van der Waals surface area contributed by atoms with Crippen LogP contribution in [0.15, 0.2) is 48.0 Å². The van der Waals surface area contributed by atoms with Crippen LogP contribution in [0.25, 0.3) is 11.6 Å². The molecule has 2 heterocycles. The highest BCUT2D eigenvalue weighted by Gasteiger charge is 2.38. The van der Waals surface area contributed by atoms with Gasteiger partial charge in [-0.25, -0.2) is 9.69 Å². The van der Waals surface area contributed by atoms with Crippen LogP contribution in [0.3, 0.4) is 0 Å². The number of anilines is 2. The molecule has 2 aliphatic rings. The number of hydrogen-bond acceptors (Lipinski definition) is 4. The van der Waals surface area contributed by atoms with E-state index in [-0.39, 0.29) is 11.1 Å². The Morgan fingerprint density at radius 1 is 1.06 bits per heavy atom. The predicted molar refractivity (Wildman–Crippen MR) is 142 cm³/mol. The van der Waals surface area contributed by atoms with E-state index < -0.39 is 17.8 Å². The molecule has 0 aromatic heterocycles. The Labute approximate surface area is 211 Å². The first kappa shape index (κ1) is 24.7. The molecule has 0 aliphatic carbocycles. The molecule has 1 N–H and O–H groups in total. The highest BCUT2D eigenvalue weighted by Crippen LogP contribution is 2.42. The molecule has 0 atom stereocenters. The molecule has 2 aromatic carbocycles. The quantitative estimate of drug-likeness (QED) is 0.412. The van der Waals surface area contributed by atoms with Crippen molar-refractivity contribution in [3.63, 3.8) is 0 Å². The first-order valence-corrected chi connectivity index (χ1v) is 12.3. The molecule has 0 saturated carbocycles. The van der Waals surface area contributed by atoms with Gasteiger partial charge in [-0.3, -0.25) is 14.9 Å². The summed E-state index contributed by atoms with van der Waals surface area (Å²) in [5.74, 6) is -1.41. The maximum Gasteiger partial charge on any atom is 0.335 e. The van der Waals surface area contributed by atoms with E-state index in [0.717, 1.165) is 40.3 Å². The van der Waals surface area contributed by atoms with E-state index in [9.17, 15) is 14.4 Å². The van der Waals surface area contributed by atoms with Gasteiger partial charge in [0.25, 0.3) is 11.8 Å². The van der Waals surface area contributed by atoms with E-state index >= 15 is 0 Å². The Morgan fingerprint density at radius 3 is 2.46 bits per heavy atom. The summed E-state index contributed by atoms with van der Waals surface area (Å²) in [6.45, 7) is 11.3. The number of nitrogens with zero attached hydrogens (tertiary/aromatic N) is 2. The van der Waals surface area contributed by atoms with Crippen molar-refractivity contribution in [2.24, 2.45) is 0 Å². The highest BCUT2D eigenvalue weighted by molar-refractivity contribution is 6.40. The summed E-state index contributed by atoms with van der Waals surface area (Å²) in [4.78, 5) is 42.1. The Bertz CT molecular complexity index is 1290. The molecule has 2 aliphatic heterocycles. The number of allylic oxidation sites excluding steroid dienone is 1. The third kappa shape index (κ3) is 4.39. The largest absolute Gasteiger partial charge is 0.362 e. The second kappa shape index (κ2) is 9.34. The van der Waals surface area contributed by atoms with Gasteiger partial charge in [0.15, 0.2) is 0 Å². The van der Waals surface area contributed by atoms with Crippen LogP contribution in [-0.4, -0.2) is 29.9 Å². The number of nitrogens with one attached hydrogen (secondary N) is 1. The maximum absolute atomic E-state index is 13.4. The number of para-hydroxylation sites is 1. The van der Waals surface area contributed by atoms with Crippen molar-refractivity contribution in [2.75, 3.05) is 16.3 Å². The molecule has 35 heavy (non-hydrogen) atoms. The van der Waals surface area contributed by atoms with Gasteiger partial charge >= 0.3 is 6.03 Å². The Hall–Kier alpha value is -3.38. The van der Waals surface area contributed by atoms with Crippen molar-refractivity contribution < 1.29 is 14.4 Å². The van der Waals surface area contributed by atoms with Crippen LogP contribution in [0.1, 0.15) is 57.7 Å². The molecular formula is C28H30ClN3O3. The van der Waals surface area contributed by atoms with E-state index in [1.54, 1.807) is 12.1 Å². The standard InChI is InChI=1S/C28H30ClN3O3/c1-6-12-31-24-15-22(29)19(13-20(24)17(3)16-28(31,4)5)14-21-25(33)30-27(35)32(26(21)34)23-11-9-8-10-18(23)7-2/h8-11,13-16H,6-7,12H2,1-5H3,(H,30,33,35)/b21-14-. The van der Waals surface area contributed by atoms with Crippen LogP contribution in [0.5, 0.6) is 0 Å². The number of halogens is 1. The number of urea groups is 1. The van der Waals surface area contributed by atoms with Gasteiger partial charge in [-0.05, 0) is 74.6 Å². The van der Waals surface area contributed by atoms with E-state index in [1.165, 1.54) is 6.08 Å². The number of hydrogen-bond donors (Lipinski definition) is 1. The lowest BCUT2D eigenvalue weighted by Crippen LogP contribution is -2.54. The average Bonchev–Trinajstić information content (AvgIpc) is 2.79. The minimum absolute atomic E-state index is 0.138. The lowest BCUT2D eigenvalue weighted by atomic mass is 9.87. The third-order valence-corrected chi connectivity index (χ3v) is 6.89. The van der Waals surface area contributed by atoms with Crippen molar-refractivity contribution in [2.45, 2.75) is 53.0 Å². The molecule has 1 fully saturated rings. The normalized spacial score (nSPS) is 18.5. The zero-order valence-corrected chi connectivity index (χ0v) is 21.5. The van der Waals surface area contributed by atoms with Crippen molar-refractivity contribution >= 4 is 52.5 Å². The molecule has 7 heteroatoms. The molecular weight excluding hydrogens is 462 g/mol. The third-order valence-electron chi connectivity index (χ3n) is 6.56. The number of rotatable bonds is 5. The molecule has 1 saturated heterocycles. The van der Waals surface area contributed by atoms with Crippen molar-refractivity contribution in [1.29, 1.82) is 0 Å². The summed E-state index contributed by atoms with van der Waals surface area (Å²) < 4.78 is 0. The number of fused-ring (bicyclic) bond motifs is 1. The van der Waals surface area contributed by atoms with Gasteiger partial charge in [-0.15, -0.1) is 0 Å². The molecule has 6 nitrogen and oxygen atoms in total. The average molecular weight is 492 g/mol. The molecule has 0 bridgehead atoms. The molecule has 0 spiro atoms. The van der Waals surface area contributed by atoms with Crippen LogP contribution in [0.2, 0.25) is 5.02 Å². The lowest BCUT2D eigenvalue weighted by Gasteiger charge is -2.43. The van der Waals surface area contributed by atoms with Gasteiger partial charge in [0.05, 0.1) is 11.2 Å². The lowest BCUT2D eigenvalue weighted by molar-refractivity contribution is -0.122. The monoisotopic (exact) mass is 491 g/mol.